The number of nitrogens with zero attached hydrogens (tertiary/aromatic N) is 5. The predicted octanol–water partition coefficient (Wildman–Crippen LogP) is -0.559. The van der Waals surface area contributed by atoms with E-state index in [4.69, 9.17) is 5.73 Å². The highest BCUT2D eigenvalue weighted by atomic mass is 35.5. The first-order chi connectivity index (χ1) is 11.8. The van der Waals surface area contributed by atoms with Gasteiger partial charge in [-0.15, -0.1) is 12.4 Å². The number of carbonyl (C=O) groups is 1. The second-order valence-electron chi connectivity index (χ2n) is 6.86. The van der Waals surface area contributed by atoms with E-state index in [1.807, 2.05) is 0 Å². The smallest absolute Gasteiger partial charge is 0.332 e. The number of hydrogen-bond donors (Lipinski definition) is 1. The molecule has 0 aromatic carbocycles. The third-order valence-electron chi connectivity index (χ3n) is 5.09. The molecule has 0 spiro atoms. The van der Waals surface area contributed by atoms with E-state index in [0.29, 0.717) is 19.0 Å². The monoisotopic (exact) mass is 384 g/mol. The molecule has 144 valence electrons. The minimum atomic E-state index is -0.453. The van der Waals surface area contributed by atoms with Crippen molar-refractivity contribution in [1.82, 2.24) is 23.6 Å². The van der Waals surface area contributed by atoms with Crippen molar-refractivity contribution in [2.24, 2.45) is 25.7 Å². The van der Waals surface area contributed by atoms with Crippen LogP contribution in [0.4, 0.5) is 0 Å². The highest BCUT2D eigenvalue weighted by Gasteiger charge is 2.29. The first-order valence-corrected chi connectivity index (χ1v) is 8.45. The number of carbonyl (C=O) groups excluding carboxylic acids is 1. The largest absolute Gasteiger partial charge is 0.337 e. The van der Waals surface area contributed by atoms with Crippen molar-refractivity contribution in [3.63, 3.8) is 0 Å². The molecule has 1 aliphatic rings. The van der Waals surface area contributed by atoms with E-state index in [1.54, 1.807) is 11.9 Å². The Morgan fingerprint density at radius 3 is 2.65 bits per heavy atom. The van der Waals surface area contributed by atoms with Crippen molar-refractivity contribution < 1.29 is 4.79 Å². The number of rotatable bonds is 3. The van der Waals surface area contributed by atoms with E-state index >= 15 is 0 Å². The highest BCUT2D eigenvalue weighted by molar-refractivity contribution is 5.85. The van der Waals surface area contributed by atoms with Gasteiger partial charge in [-0.3, -0.25) is 18.7 Å². The van der Waals surface area contributed by atoms with E-state index in [2.05, 4.69) is 11.9 Å². The van der Waals surface area contributed by atoms with Gasteiger partial charge < -0.3 is 15.2 Å². The van der Waals surface area contributed by atoms with Crippen molar-refractivity contribution >= 4 is 29.5 Å². The second-order valence-corrected chi connectivity index (χ2v) is 6.86. The van der Waals surface area contributed by atoms with Crippen LogP contribution in [0.5, 0.6) is 0 Å². The van der Waals surface area contributed by atoms with Crippen LogP contribution in [-0.2, 0) is 25.4 Å². The van der Waals surface area contributed by atoms with Gasteiger partial charge >= 0.3 is 5.69 Å². The molecule has 10 heteroatoms. The maximum Gasteiger partial charge on any atom is 0.332 e. The van der Waals surface area contributed by atoms with Gasteiger partial charge in [0.1, 0.15) is 6.54 Å². The van der Waals surface area contributed by atoms with Crippen molar-refractivity contribution in [1.29, 1.82) is 0 Å². The summed E-state index contributed by atoms with van der Waals surface area (Å²) in [5.74, 6) is 0.464. The van der Waals surface area contributed by atoms with Crippen molar-refractivity contribution in [2.75, 3.05) is 13.1 Å². The van der Waals surface area contributed by atoms with Crippen LogP contribution in [0.1, 0.15) is 19.8 Å². The van der Waals surface area contributed by atoms with Crippen LogP contribution in [0, 0.1) is 5.92 Å². The van der Waals surface area contributed by atoms with Crippen LogP contribution in [0.2, 0.25) is 0 Å². The van der Waals surface area contributed by atoms with Crippen LogP contribution in [0.25, 0.3) is 11.2 Å². The maximum absolute atomic E-state index is 12.8. The predicted molar refractivity (Wildman–Crippen MR) is 100 cm³/mol. The molecule has 1 amide bonds. The van der Waals surface area contributed by atoms with E-state index in [1.165, 1.54) is 22.5 Å². The third-order valence-corrected chi connectivity index (χ3v) is 5.09. The molecule has 0 saturated carbocycles. The lowest BCUT2D eigenvalue weighted by Gasteiger charge is -2.38. The molecular weight excluding hydrogens is 360 g/mol. The Bertz CT molecular complexity index is 930. The van der Waals surface area contributed by atoms with Crippen LogP contribution in [0.15, 0.2) is 15.9 Å². The molecule has 26 heavy (non-hydrogen) atoms. The molecule has 1 fully saturated rings. The molecule has 3 heterocycles. The quantitative estimate of drug-likeness (QED) is 0.763. The Balaban J connectivity index is 0.00000243. The summed E-state index contributed by atoms with van der Waals surface area (Å²) in [6.07, 6.45) is 3.28. The molecule has 0 bridgehead atoms. The van der Waals surface area contributed by atoms with Crippen molar-refractivity contribution in [3.8, 4) is 0 Å². The maximum atomic E-state index is 12.8. The summed E-state index contributed by atoms with van der Waals surface area (Å²) in [7, 11) is 2.97. The number of likely N-dealkylation sites (tertiary alicyclic amines) is 1. The normalized spacial score (nSPS) is 20.2. The summed E-state index contributed by atoms with van der Waals surface area (Å²) in [5, 5.41) is 0. The molecule has 9 nitrogen and oxygen atoms in total. The van der Waals surface area contributed by atoms with Gasteiger partial charge in [0.25, 0.3) is 5.56 Å². The number of aryl methyl sites for hydroxylation is 1. The molecular formula is C16H25ClN6O3. The average Bonchev–Trinajstić information content (AvgIpc) is 3.01. The van der Waals surface area contributed by atoms with E-state index in [0.717, 1.165) is 17.4 Å². The van der Waals surface area contributed by atoms with Gasteiger partial charge in [-0.2, -0.15) is 0 Å². The molecule has 1 aliphatic heterocycles. The topological polar surface area (TPSA) is 108 Å². The van der Waals surface area contributed by atoms with Gasteiger partial charge in [0.15, 0.2) is 11.2 Å². The molecule has 1 saturated heterocycles. The number of piperidine rings is 1. The zero-order valence-electron chi connectivity index (χ0n) is 15.2. The Kier molecular flexibility index (Phi) is 5.92. The Morgan fingerprint density at radius 1 is 1.31 bits per heavy atom. The van der Waals surface area contributed by atoms with Crippen LogP contribution in [0.3, 0.4) is 0 Å². The lowest BCUT2D eigenvalue weighted by molar-refractivity contribution is -0.135. The standard InChI is InChI=1S/C16H24N6O3.ClH/c1-10-4-5-22(11(6-10)7-17)12(23)8-21-9-18-14-13(21)15(24)20(3)16(25)19(14)2;/h9-11H,4-8,17H2,1-3H3;1H. The fourth-order valence-corrected chi connectivity index (χ4v) is 3.56. The van der Waals surface area contributed by atoms with Crippen LogP contribution >= 0.6 is 12.4 Å². The first kappa shape index (κ1) is 20.2. The Morgan fingerprint density at radius 2 is 2.00 bits per heavy atom. The third kappa shape index (κ3) is 3.28. The number of nitrogens with two attached hydrogens (primary N) is 1. The van der Waals surface area contributed by atoms with Gasteiger partial charge in [0.05, 0.1) is 6.33 Å². The Labute approximate surface area is 156 Å². The van der Waals surface area contributed by atoms with Gasteiger partial charge in [-0.05, 0) is 18.8 Å². The SMILES string of the molecule is CC1CCN(C(=O)Cn2cnc3c2c(=O)n(C)c(=O)n3C)C(CN)C1.Cl. The lowest BCUT2D eigenvalue weighted by Crippen LogP contribution is -2.50. The van der Waals surface area contributed by atoms with Gasteiger partial charge in [0.2, 0.25) is 5.91 Å². The highest BCUT2D eigenvalue weighted by Crippen LogP contribution is 2.22. The van der Waals surface area contributed by atoms with Gasteiger partial charge in [0, 0.05) is 33.2 Å². The average molecular weight is 385 g/mol. The van der Waals surface area contributed by atoms with Gasteiger partial charge in [-0.25, -0.2) is 9.78 Å². The van der Waals surface area contributed by atoms with Gasteiger partial charge in [-0.1, -0.05) is 6.92 Å². The van der Waals surface area contributed by atoms with Crippen LogP contribution in [-0.4, -0.2) is 48.6 Å². The first-order valence-electron chi connectivity index (χ1n) is 8.45. The minimum absolute atomic E-state index is 0. The number of hydrogen-bond acceptors (Lipinski definition) is 5. The second kappa shape index (κ2) is 7.63. The number of amides is 1. The Hall–Kier alpha value is -2.13. The number of aromatic nitrogens is 4. The molecule has 2 N–H and O–H groups in total. The number of halogens is 1. The van der Waals surface area contributed by atoms with E-state index in [-0.39, 0.29) is 42.1 Å². The molecule has 2 atom stereocenters. The fraction of sp³-hybridized carbons (Fsp3) is 0.625. The summed E-state index contributed by atoms with van der Waals surface area (Å²) in [4.78, 5) is 43.2. The fourth-order valence-electron chi connectivity index (χ4n) is 3.56. The zero-order chi connectivity index (χ0) is 18.3. The van der Waals surface area contributed by atoms with Crippen LogP contribution < -0.4 is 17.0 Å². The molecule has 2 aromatic heterocycles. The van der Waals surface area contributed by atoms with E-state index in [9.17, 15) is 14.4 Å². The van der Waals surface area contributed by atoms with E-state index < -0.39 is 11.2 Å². The van der Waals surface area contributed by atoms with Crippen molar-refractivity contribution in [2.45, 2.75) is 32.4 Å². The summed E-state index contributed by atoms with van der Waals surface area (Å²) < 4.78 is 3.85. The molecule has 3 rings (SSSR count). The molecule has 2 unspecified atom stereocenters. The zero-order valence-corrected chi connectivity index (χ0v) is 16.0. The summed E-state index contributed by atoms with van der Waals surface area (Å²) in [5.41, 5.74) is 5.48. The number of imidazole rings is 1. The lowest BCUT2D eigenvalue weighted by atomic mass is 9.92. The summed E-state index contributed by atoms with van der Waals surface area (Å²) in [6.45, 7) is 3.27. The van der Waals surface area contributed by atoms with Crippen molar-refractivity contribution in [3.05, 3.63) is 27.2 Å². The molecule has 0 radical (unpaired) electrons. The number of fused-ring (bicyclic) bond motifs is 1. The summed E-state index contributed by atoms with van der Waals surface area (Å²) >= 11 is 0. The summed E-state index contributed by atoms with van der Waals surface area (Å²) in [6, 6.07) is 0.0261. The molecule has 0 aliphatic carbocycles. The minimum Gasteiger partial charge on any atom is -0.337 e. The molecule has 2 aromatic rings.